The summed E-state index contributed by atoms with van der Waals surface area (Å²) in [6, 6.07) is 5.20. The molecule has 5 aliphatic rings. The van der Waals surface area contributed by atoms with Crippen LogP contribution in [0.25, 0.3) is 0 Å². The van der Waals surface area contributed by atoms with E-state index in [1.165, 1.54) is 24.3 Å². The zero-order valence-electron chi connectivity index (χ0n) is 15.0. The van der Waals surface area contributed by atoms with Gasteiger partial charge in [-0.1, -0.05) is 23.8 Å². The Hall–Kier alpha value is -2.35. The third-order valence-corrected chi connectivity index (χ3v) is 6.91. The summed E-state index contributed by atoms with van der Waals surface area (Å²) < 4.78 is 39.6. The number of halogens is 4. The van der Waals surface area contributed by atoms with Crippen LogP contribution in [0, 0.1) is 35.5 Å². The molecular formula is C20H16ClF3N2O3. The Balaban J connectivity index is 1.46. The standard InChI is InChI=1S/C20H16ClF3N2O3/c21-9-1-3-10(4-2-9)25(19(29)20(22,23)24)8-26-17(27)15-11-5-6-12(14-7-13(11)14)16(15)18(26)28/h1-6,11-16H,7-8H2/t11-,12-,13-,14-,15+,16+/m1/s1. The lowest BCUT2D eigenvalue weighted by atomic mass is 9.63. The smallest absolute Gasteiger partial charge is 0.286 e. The molecule has 6 rings (SSSR count). The highest BCUT2D eigenvalue weighted by Crippen LogP contribution is 2.65. The largest absolute Gasteiger partial charge is 0.471 e. The zero-order chi connectivity index (χ0) is 20.7. The van der Waals surface area contributed by atoms with Gasteiger partial charge in [-0.3, -0.25) is 24.2 Å². The van der Waals surface area contributed by atoms with Crippen LogP contribution < -0.4 is 4.90 Å². The van der Waals surface area contributed by atoms with Gasteiger partial charge in [-0.2, -0.15) is 13.2 Å². The summed E-state index contributed by atoms with van der Waals surface area (Å²) in [7, 11) is 0. The predicted octanol–water partition coefficient (Wildman–Crippen LogP) is 3.25. The number of alkyl halides is 3. The fraction of sp³-hybridized carbons (Fsp3) is 0.450. The number of likely N-dealkylation sites (tertiary alicyclic amines) is 1. The molecule has 29 heavy (non-hydrogen) atoms. The van der Waals surface area contributed by atoms with Crippen molar-refractivity contribution in [1.82, 2.24) is 4.90 Å². The molecule has 1 heterocycles. The molecule has 152 valence electrons. The van der Waals surface area contributed by atoms with Gasteiger partial charge in [0.25, 0.3) is 0 Å². The number of allylic oxidation sites excluding steroid dienone is 2. The quantitative estimate of drug-likeness (QED) is 0.553. The number of hydrogen-bond donors (Lipinski definition) is 0. The van der Waals surface area contributed by atoms with E-state index in [0.717, 1.165) is 11.3 Å². The van der Waals surface area contributed by atoms with E-state index in [-0.39, 0.29) is 22.5 Å². The van der Waals surface area contributed by atoms with Gasteiger partial charge in [-0.15, -0.1) is 0 Å². The number of carbonyl (C=O) groups excluding carboxylic acids is 3. The molecule has 3 fully saturated rings. The monoisotopic (exact) mass is 424 g/mol. The third-order valence-electron chi connectivity index (χ3n) is 6.66. The van der Waals surface area contributed by atoms with Crippen LogP contribution in [0.1, 0.15) is 6.42 Å². The van der Waals surface area contributed by atoms with E-state index in [2.05, 4.69) is 0 Å². The van der Waals surface area contributed by atoms with E-state index >= 15 is 0 Å². The number of nitrogens with zero attached hydrogens (tertiary/aromatic N) is 2. The lowest BCUT2D eigenvalue weighted by Crippen LogP contribution is -2.49. The highest BCUT2D eigenvalue weighted by molar-refractivity contribution is 6.30. The molecule has 5 nitrogen and oxygen atoms in total. The molecule has 0 spiro atoms. The van der Waals surface area contributed by atoms with Crippen molar-refractivity contribution in [3.05, 3.63) is 41.4 Å². The highest BCUT2D eigenvalue weighted by Gasteiger charge is 2.67. The van der Waals surface area contributed by atoms with Gasteiger partial charge < -0.3 is 0 Å². The van der Waals surface area contributed by atoms with Gasteiger partial charge >= 0.3 is 12.1 Å². The average Bonchev–Trinajstić information content (AvgIpc) is 3.46. The van der Waals surface area contributed by atoms with Crippen molar-refractivity contribution < 1.29 is 27.6 Å². The minimum absolute atomic E-state index is 0.0428. The Morgan fingerprint density at radius 3 is 2.03 bits per heavy atom. The van der Waals surface area contributed by atoms with E-state index in [1.807, 2.05) is 12.2 Å². The molecule has 9 heteroatoms. The van der Waals surface area contributed by atoms with Crippen molar-refractivity contribution in [2.45, 2.75) is 12.6 Å². The summed E-state index contributed by atoms with van der Waals surface area (Å²) in [6.07, 6.45) is -0.210. The number of amides is 3. The number of imide groups is 1. The molecule has 1 aliphatic heterocycles. The van der Waals surface area contributed by atoms with Crippen LogP contribution in [0.4, 0.5) is 18.9 Å². The van der Waals surface area contributed by atoms with Crippen LogP contribution in [-0.4, -0.2) is 35.5 Å². The molecule has 1 aromatic carbocycles. The number of rotatable bonds is 3. The Bertz CT molecular complexity index is 909. The maximum absolute atomic E-state index is 13.2. The Morgan fingerprint density at radius 1 is 1.03 bits per heavy atom. The van der Waals surface area contributed by atoms with E-state index in [1.54, 1.807) is 0 Å². The normalized spacial score (nSPS) is 34.3. The molecule has 2 bridgehead atoms. The van der Waals surface area contributed by atoms with Gasteiger partial charge in [0.1, 0.15) is 6.67 Å². The molecule has 1 saturated heterocycles. The van der Waals surface area contributed by atoms with E-state index in [9.17, 15) is 27.6 Å². The lowest BCUT2D eigenvalue weighted by molar-refractivity contribution is -0.171. The Labute approximate surface area is 169 Å². The zero-order valence-corrected chi connectivity index (χ0v) is 15.7. The van der Waals surface area contributed by atoms with Crippen molar-refractivity contribution in [3.8, 4) is 0 Å². The van der Waals surface area contributed by atoms with E-state index in [0.29, 0.717) is 16.7 Å². The lowest BCUT2D eigenvalue weighted by Gasteiger charge is -2.37. The minimum Gasteiger partial charge on any atom is -0.286 e. The average molecular weight is 425 g/mol. The first-order chi connectivity index (χ1) is 13.7. The summed E-state index contributed by atoms with van der Waals surface area (Å²) in [6.45, 7) is -0.764. The van der Waals surface area contributed by atoms with Crippen molar-refractivity contribution in [2.75, 3.05) is 11.6 Å². The second-order valence-corrected chi connectivity index (χ2v) is 8.54. The van der Waals surface area contributed by atoms with Gasteiger partial charge in [0, 0.05) is 10.7 Å². The van der Waals surface area contributed by atoms with Crippen molar-refractivity contribution in [3.63, 3.8) is 0 Å². The number of hydrogen-bond acceptors (Lipinski definition) is 3. The molecule has 0 radical (unpaired) electrons. The predicted molar refractivity (Wildman–Crippen MR) is 96.4 cm³/mol. The molecule has 2 saturated carbocycles. The van der Waals surface area contributed by atoms with Crippen LogP contribution in [0.15, 0.2) is 36.4 Å². The first-order valence-electron chi connectivity index (χ1n) is 9.36. The molecule has 0 N–H and O–H groups in total. The molecule has 1 aromatic rings. The fourth-order valence-corrected chi connectivity index (χ4v) is 5.46. The number of carbonyl (C=O) groups is 3. The van der Waals surface area contributed by atoms with Gasteiger partial charge in [-0.25, -0.2) is 0 Å². The van der Waals surface area contributed by atoms with Crippen LogP contribution in [0.2, 0.25) is 5.02 Å². The number of benzene rings is 1. The topological polar surface area (TPSA) is 57.7 Å². The third kappa shape index (κ3) is 2.72. The summed E-state index contributed by atoms with van der Waals surface area (Å²) in [5, 5.41) is 0.286. The highest BCUT2D eigenvalue weighted by atomic mass is 35.5. The van der Waals surface area contributed by atoms with Gasteiger partial charge in [0.2, 0.25) is 11.8 Å². The first kappa shape index (κ1) is 18.7. The van der Waals surface area contributed by atoms with Crippen LogP contribution in [-0.2, 0) is 14.4 Å². The van der Waals surface area contributed by atoms with Crippen molar-refractivity contribution in [2.24, 2.45) is 35.5 Å². The SMILES string of the molecule is O=C1[C@H]2[C@@H]3C=C[C@H]([C@H]4C[C@H]34)[C@@H]2C(=O)N1CN(C(=O)C(F)(F)F)c1ccc(Cl)cc1. The van der Waals surface area contributed by atoms with Crippen LogP contribution >= 0.6 is 11.6 Å². The molecule has 4 aliphatic carbocycles. The number of anilines is 1. The summed E-state index contributed by atoms with van der Waals surface area (Å²) in [5.74, 6) is -3.50. The molecule has 3 amide bonds. The Kier molecular flexibility index (Phi) is 3.91. The Morgan fingerprint density at radius 2 is 1.55 bits per heavy atom. The second kappa shape index (κ2) is 6.08. The summed E-state index contributed by atoms with van der Waals surface area (Å²) in [4.78, 5) is 39.4. The molecule has 0 aromatic heterocycles. The van der Waals surface area contributed by atoms with E-state index < -0.39 is 42.4 Å². The fourth-order valence-electron chi connectivity index (χ4n) is 5.34. The maximum atomic E-state index is 13.2. The minimum atomic E-state index is -5.15. The molecular weight excluding hydrogens is 409 g/mol. The summed E-state index contributed by atoms with van der Waals surface area (Å²) >= 11 is 5.79. The molecule has 0 unspecified atom stereocenters. The summed E-state index contributed by atoms with van der Waals surface area (Å²) in [5.41, 5.74) is -0.0869. The second-order valence-electron chi connectivity index (χ2n) is 8.11. The molecule has 6 atom stereocenters. The van der Waals surface area contributed by atoms with Crippen LogP contribution in [0.3, 0.4) is 0 Å². The van der Waals surface area contributed by atoms with Gasteiger partial charge in [0.15, 0.2) is 0 Å². The van der Waals surface area contributed by atoms with Crippen LogP contribution in [0.5, 0.6) is 0 Å². The maximum Gasteiger partial charge on any atom is 0.471 e. The first-order valence-corrected chi connectivity index (χ1v) is 9.74. The van der Waals surface area contributed by atoms with Crippen molar-refractivity contribution in [1.29, 1.82) is 0 Å². The van der Waals surface area contributed by atoms with Gasteiger partial charge in [0.05, 0.1) is 11.8 Å². The van der Waals surface area contributed by atoms with Crippen molar-refractivity contribution >= 4 is 35.0 Å². The van der Waals surface area contributed by atoms with E-state index in [4.69, 9.17) is 11.6 Å². The van der Waals surface area contributed by atoms with Gasteiger partial charge in [-0.05, 0) is 54.4 Å².